The van der Waals surface area contributed by atoms with Crippen molar-refractivity contribution < 1.29 is 9.47 Å². The van der Waals surface area contributed by atoms with E-state index >= 15 is 0 Å². The van der Waals surface area contributed by atoms with Crippen molar-refractivity contribution in [1.82, 2.24) is 19.8 Å². The van der Waals surface area contributed by atoms with Crippen LogP contribution >= 0.6 is 0 Å². The first-order chi connectivity index (χ1) is 13.1. The van der Waals surface area contributed by atoms with Crippen LogP contribution < -0.4 is 14.8 Å². The van der Waals surface area contributed by atoms with Crippen LogP contribution in [0.15, 0.2) is 42.5 Å². The lowest BCUT2D eigenvalue weighted by Gasteiger charge is -2.18. The zero-order chi connectivity index (χ0) is 19.0. The summed E-state index contributed by atoms with van der Waals surface area (Å²) in [5, 5.41) is 18.5. The molecule has 0 aliphatic heterocycles. The van der Waals surface area contributed by atoms with E-state index in [0.29, 0.717) is 17.1 Å². The van der Waals surface area contributed by atoms with Gasteiger partial charge in [0, 0.05) is 10.8 Å². The van der Waals surface area contributed by atoms with E-state index in [1.165, 1.54) is 5.56 Å². The van der Waals surface area contributed by atoms with Gasteiger partial charge in [0.2, 0.25) is 0 Å². The highest BCUT2D eigenvalue weighted by Crippen LogP contribution is 2.37. The quantitative estimate of drug-likeness (QED) is 0.582. The van der Waals surface area contributed by atoms with Gasteiger partial charge in [-0.05, 0) is 31.5 Å². The van der Waals surface area contributed by atoms with Gasteiger partial charge >= 0.3 is 0 Å². The molecule has 2 aromatic heterocycles. The molecule has 0 radical (unpaired) electrons. The lowest BCUT2D eigenvalue weighted by atomic mass is 10.1. The Morgan fingerprint density at radius 3 is 2.30 bits per heavy atom. The average molecular weight is 363 g/mol. The number of aromatic nitrogens is 4. The molecule has 2 heterocycles. The van der Waals surface area contributed by atoms with Gasteiger partial charge < -0.3 is 14.8 Å². The standard InChI is InChI=1S/C20H21N5O2/c1-12(14-8-6-5-7-9-14)21-19-15-10-17(26-3)18(27-4)11-16(15)20-23-22-13(2)25(20)24-19/h5-12H,1-4H3,(H,21,24)/t12-/m1/s1. The summed E-state index contributed by atoms with van der Waals surface area (Å²) in [6.45, 7) is 3.98. The van der Waals surface area contributed by atoms with Crippen LogP contribution in [0.25, 0.3) is 16.4 Å². The third kappa shape index (κ3) is 2.91. The van der Waals surface area contributed by atoms with E-state index in [0.717, 1.165) is 22.4 Å². The summed E-state index contributed by atoms with van der Waals surface area (Å²) in [5.74, 6) is 2.73. The van der Waals surface area contributed by atoms with Crippen molar-refractivity contribution in [2.75, 3.05) is 19.5 Å². The van der Waals surface area contributed by atoms with Gasteiger partial charge in [0.25, 0.3) is 0 Å². The van der Waals surface area contributed by atoms with E-state index in [4.69, 9.17) is 14.6 Å². The summed E-state index contributed by atoms with van der Waals surface area (Å²) in [6, 6.07) is 14.2. The molecular weight excluding hydrogens is 342 g/mol. The van der Waals surface area contributed by atoms with Gasteiger partial charge in [-0.3, -0.25) is 0 Å². The van der Waals surface area contributed by atoms with E-state index in [2.05, 4.69) is 34.6 Å². The number of methoxy groups -OCH3 is 2. The summed E-state index contributed by atoms with van der Waals surface area (Å²) in [4.78, 5) is 0. The van der Waals surface area contributed by atoms with E-state index in [1.54, 1.807) is 18.7 Å². The van der Waals surface area contributed by atoms with Gasteiger partial charge in [-0.1, -0.05) is 30.3 Å². The van der Waals surface area contributed by atoms with Crippen LogP contribution in [0.1, 0.15) is 24.4 Å². The van der Waals surface area contributed by atoms with Crippen molar-refractivity contribution in [3.05, 3.63) is 53.9 Å². The topological polar surface area (TPSA) is 73.6 Å². The number of nitrogens with one attached hydrogen (secondary N) is 1. The number of anilines is 1. The third-order valence-electron chi connectivity index (χ3n) is 4.67. The number of benzene rings is 2. The highest BCUT2D eigenvalue weighted by Gasteiger charge is 2.18. The molecule has 138 valence electrons. The van der Waals surface area contributed by atoms with Crippen molar-refractivity contribution in [1.29, 1.82) is 0 Å². The Hall–Kier alpha value is -3.35. The van der Waals surface area contributed by atoms with Gasteiger partial charge in [0.05, 0.1) is 20.3 Å². The molecule has 0 saturated carbocycles. The molecule has 7 nitrogen and oxygen atoms in total. The molecule has 7 heteroatoms. The molecule has 0 aliphatic rings. The number of rotatable bonds is 5. The van der Waals surface area contributed by atoms with Crippen molar-refractivity contribution in [2.45, 2.75) is 19.9 Å². The van der Waals surface area contributed by atoms with E-state index < -0.39 is 0 Å². The molecule has 0 unspecified atom stereocenters. The second-order valence-electron chi connectivity index (χ2n) is 6.36. The lowest BCUT2D eigenvalue weighted by Crippen LogP contribution is -2.11. The van der Waals surface area contributed by atoms with Gasteiger partial charge in [-0.2, -0.15) is 4.52 Å². The van der Waals surface area contributed by atoms with Crippen molar-refractivity contribution in [3.8, 4) is 11.5 Å². The van der Waals surface area contributed by atoms with Crippen molar-refractivity contribution in [2.24, 2.45) is 0 Å². The molecule has 0 spiro atoms. The largest absolute Gasteiger partial charge is 0.493 e. The molecule has 2 aromatic carbocycles. The minimum absolute atomic E-state index is 0.0734. The zero-order valence-electron chi connectivity index (χ0n) is 15.7. The fourth-order valence-electron chi connectivity index (χ4n) is 3.20. The average Bonchev–Trinajstić information content (AvgIpc) is 3.08. The van der Waals surface area contributed by atoms with Crippen LogP contribution in [0, 0.1) is 6.92 Å². The maximum Gasteiger partial charge on any atom is 0.185 e. The fourth-order valence-corrected chi connectivity index (χ4v) is 3.20. The maximum atomic E-state index is 5.48. The second kappa shape index (κ2) is 6.75. The Kier molecular flexibility index (Phi) is 4.27. The summed E-state index contributed by atoms with van der Waals surface area (Å²) >= 11 is 0. The van der Waals surface area contributed by atoms with Crippen LogP contribution in [0.2, 0.25) is 0 Å². The highest BCUT2D eigenvalue weighted by atomic mass is 16.5. The Morgan fingerprint density at radius 2 is 1.63 bits per heavy atom. The maximum absolute atomic E-state index is 5.48. The van der Waals surface area contributed by atoms with E-state index in [-0.39, 0.29) is 6.04 Å². The van der Waals surface area contributed by atoms with Gasteiger partial charge in [-0.15, -0.1) is 15.3 Å². The second-order valence-corrected chi connectivity index (χ2v) is 6.36. The first kappa shape index (κ1) is 17.1. The van der Waals surface area contributed by atoms with Crippen molar-refractivity contribution in [3.63, 3.8) is 0 Å². The van der Waals surface area contributed by atoms with Crippen LogP contribution in [-0.2, 0) is 0 Å². The number of ether oxygens (including phenoxy) is 2. The molecule has 0 amide bonds. The molecule has 0 fully saturated rings. The Morgan fingerprint density at radius 1 is 0.963 bits per heavy atom. The molecule has 1 atom stereocenters. The van der Waals surface area contributed by atoms with Crippen LogP contribution in [0.3, 0.4) is 0 Å². The Labute approximate surface area is 156 Å². The minimum atomic E-state index is 0.0734. The molecule has 4 rings (SSSR count). The lowest BCUT2D eigenvalue weighted by molar-refractivity contribution is 0.356. The van der Waals surface area contributed by atoms with Crippen LogP contribution in [0.4, 0.5) is 5.82 Å². The van der Waals surface area contributed by atoms with Gasteiger partial charge in [-0.25, -0.2) is 0 Å². The Balaban J connectivity index is 1.93. The predicted octanol–water partition coefficient (Wildman–Crippen LogP) is 3.78. The summed E-state index contributed by atoms with van der Waals surface area (Å²) in [5.41, 5.74) is 1.86. The molecule has 0 bridgehead atoms. The summed E-state index contributed by atoms with van der Waals surface area (Å²) in [7, 11) is 3.24. The predicted molar refractivity (Wildman–Crippen MR) is 105 cm³/mol. The molecular formula is C20H21N5O2. The van der Waals surface area contributed by atoms with E-state index in [9.17, 15) is 0 Å². The first-order valence-corrected chi connectivity index (χ1v) is 8.71. The molecule has 27 heavy (non-hydrogen) atoms. The Bertz CT molecular complexity index is 1110. The third-order valence-corrected chi connectivity index (χ3v) is 4.67. The summed E-state index contributed by atoms with van der Waals surface area (Å²) in [6.07, 6.45) is 0. The number of aryl methyl sites for hydroxylation is 1. The van der Waals surface area contributed by atoms with Gasteiger partial charge in [0.15, 0.2) is 28.8 Å². The van der Waals surface area contributed by atoms with Gasteiger partial charge in [0.1, 0.15) is 0 Å². The van der Waals surface area contributed by atoms with Crippen LogP contribution in [-0.4, -0.2) is 34.0 Å². The van der Waals surface area contributed by atoms with Crippen LogP contribution in [0.5, 0.6) is 11.5 Å². The first-order valence-electron chi connectivity index (χ1n) is 8.71. The smallest absolute Gasteiger partial charge is 0.185 e. The van der Waals surface area contributed by atoms with E-state index in [1.807, 2.05) is 37.3 Å². The molecule has 1 N–H and O–H groups in total. The highest BCUT2D eigenvalue weighted by molar-refractivity contribution is 6.02. The SMILES string of the molecule is COc1cc2c(N[C@H](C)c3ccccc3)nn3c(C)nnc3c2cc1OC. The monoisotopic (exact) mass is 363 g/mol. The molecule has 0 saturated heterocycles. The fraction of sp³-hybridized carbons (Fsp3) is 0.250. The minimum Gasteiger partial charge on any atom is -0.493 e. The molecule has 0 aliphatic carbocycles. The zero-order valence-corrected chi connectivity index (χ0v) is 15.7. The number of nitrogens with zero attached hydrogens (tertiary/aromatic N) is 4. The number of hydrogen-bond acceptors (Lipinski definition) is 6. The molecule has 4 aromatic rings. The van der Waals surface area contributed by atoms with Crippen molar-refractivity contribution >= 4 is 22.2 Å². The number of fused-ring (bicyclic) bond motifs is 3. The summed E-state index contributed by atoms with van der Waals surface area (Å²) < 4.78 is 12.7. The number of hydrogen-bond donors (Lipinski definition) is 1. The normalized spacial score (nSPS) is 12.3.